The molecule has 5 heteroatoms. The first kappa shape index (κ1) is 13.8. The number of ether oxygens (including phenoxy) is 2. The molecule has 5 nitrogen and oxygen atoms in total. The average Bonchev–Trinajstić information content (AvgIpc) is 2.42. The quantitative estimate of drug-likeness (QED) is 0.773. The van der Waals surface area contributed by atoms with Crippen molar-refractivity contribution in [1.29, 1.82) is 0 Å². The molecule has 2 heterocycles. The van der Waals surface area contributed by atoms with Crippen LogP contribution >= 0.6 is 0 Å². The molecule has 0 bridgehead atoms. The van der Waals surface area contributed by atoms with Crippen LogP contribution in [0.25, 0.3) is 0 Å². The van der Waals surface area contributed by atoms with Gasteiger partial charge in [0.25, 0.3) is 5.56 Å². The Morgan fingerprint density at radius 2 is 2.16 bits per heavy atom. The molecule has 19 heavy (non-hydrogen) atoms. The molecule has 0 aromatic carbocycles. The highest BCUT2D eigenvalue weighted by Gasteiger charge is 2.16. The predicted octanol–water partition coefficient (Wildman–Crippen LogP) is 1.45. The molecule has 2 rings (SSSR count). The zero-order chi connectivity index (χ0) is 13.7. The number of carbonyl (C=O) groups excluding carboxylic acids is 1. The van der Waals surface area contributed by atoms with Crippen LogP contribution in [0.4, 0.5) is 0 Å². The smallest absolute Gasteiger partial charge is 0.339 e. The number of aromatic nitrogens is 1. The van der Waals surface area contributed by atoms with Gasteiger partial charge in [0.05, 0.1) is 12.2 Å². The summed E-state index contributed by atoms with van der Waals surface area (Å²) in [4.78, 5) is 23.4. The molecule has 1 aliphatic rings. The Bertz CT molecular complexity index is 488. The second-order valence-electron chi connectivity index (χ2n) is 4.68. The average molecular weight is 265 g/mol. The number of nitrogens with zero attached hydrogens (tertiary/aromatic N) is 1. The SMILES string of the molecule is CCOC(=O)c1ccc(=O)n(CC2CCOCC2)c1. The van der Waals surface area contributed by atoms with Crippen molar-refractivity contribution in [3.05, 3.63) is 34.2 Å². The lowest BCUT2D eigenvalue weighted by Gasteiger charge is -2.22. The third-order valence-electron chi connectivity index (χ3n) is 3.29. The summed E-state index contributed by atoms with van der Waals surface area (Å²) in [6.45, 7) is 4.22. The monoisotopic (exact) mass is 265 g/mol. The van der Waals surface area contributed by atoms with E-state index in [2.05, 4.69) is 0 Å². The summed E-state index contributed by atoms with van der Waals surface area (Å²) in [6.07, 6.45) is 3.50. The van der Waals surface area contributed by atoms with Gasteiger partial charge in [0.15, 0.2) is 0 Å². The van der Waals surface area contributed by atoms with Crippen LogP contribution in [0.15, 0.2) is 23.1 Å². The van der Waals surface area contributed by atoms with Crippen LogP contribution in [-0.4, -0.2) is 30.4 Å². The minimum Gasteiger partial charge on any atom is -0.462 e. The van der Waals surface area contributed by atoms with Crippen LogP contribution in [0.1, 0.15) is 30.1 Å². The van der Waals surface area contributed by atoms with Gasteiger partial charge in [-0.25, -0.2) is 4.79 Å². The highest BCUT2D eigenvalue weighted by atomic mass is 16.5. The zero-order valence-electron chi connectivity index (χ0n) is 11.1. The molecule has 0 saturated carbocycles. The molecule has 0 N–H and O–H groups in total. The molecule has 0 atom stereocenters. The molecule has 1 aromatic heterocycles. The molecule has 104 valence electrons. The van der Waals surface area contributed by atoms with Gasteiger partial charge in [-0.15, -0.1) is 0 Å². The first-order valence-electron chi connectivity index (χ1n) is 6.66. The number of hydrogen-bond acceptors (Lipinski definition) is 4. The first-order chi connectivity index (χ1) is 9.20. The number of pyridine rings is 1. The fourth-order valence-electron chi connectivity index (χ4n) is 2.22. The molecule has 0 amide bonds. The van der Waals surface area contributed by atoms with Crippen molar-refractivity contribution in [2.45, 2.75) is 26.3 Å². The molecule has 1 fully saturated rings. The van der Waals surface area contributed by atoms with E-state index in [-0.39, 0.29) is 11.5 Å². The van der Waals surface area contributed by atoms with Gasteiger partial charge in [-0.05, 0) is 31.7 Å². The minimum absolute atomic E-state index is 0.0838. The van der Waals surface area contributed by atoms with Crippen molar-refractivity contribution >= 4 is 5.97 Å². The maximum absolute atomic E-state index is 11.8. The summed E-state index contributed by atoms with van der Waals surface area (Å²) in [7, 11) is 0. The van der Waals surface area contributed by atoms with Crippen molar-refractivity contribution in [3.8, 4) is 0 Å². The highest BCUT2D eigenvalue weighted by Crippen LogP contribution is 2.16. The van der Waals surface area contributed by atoms with Crippen molar-refractivity contribution in [2.24, 2.45) is 5.92 Å². The molecule has 0 radical (unpaired) electrons. The lowest BCUT2D eigenvalue weighted by atomic mass is 10.0. The van der Waals surface area contributed by atoms with Crippen LogP contribution in [0, 0.1) is 5.92 Å². The fourth-order valence-corrected chi connectivity index (χ4v) is 2.22. The molecule has 0 spiro atoms. The zero-order valence-corrected chi connectivity index (χ0v) is 11.1. The van der Waals surface area contributed by atoms with E-state index in [4.69, 9.17) is 9.47 Å². The van der Waals surface area contributed by atoms with Gasteiger partial charge < -0.3 is 14.0 Å². The first-order valence-corrected chi connectivity index (χ1v) is 6.66. The van der Waals surface area contributed by atoms with Crippen LogP contribution < -0.4 is 5.56 Å². The Morgan fingerprint density at radius 1 is 1.42 bits per heavy atom. The van der Waals surface area contributed by atoms with Gasteiger partial charge in [0.2, 0.25) is 0 Å². The summed E-state index contributed by atoms with van der Waals surface area (Å²) in [5.41, 5.74) is 0.341. The van der Waals surface area contributed by atoms with E-state index >= 15 is 0 Å². The largest absolute Gasteiger partial charge is 0.462 e. The van der Waals surface area contributed by atoms with E-state index in [1.165, 1.54) is 12.1 Å². The molecular formula is C14H19NO4. The summed E-state index contributed by atoms with van der Waals surface area (Å²) in [5, 5.41) is 0. The Morgan fingerprint density at radius 3 is 2.84 bits per heavy atom. The minimum atomic E-state index is -0.386. The van der Waals surface area contributed by atoms with Crippen molar-refractivity contribution in [1.82, 2.24) is 4.57 Å². The Kier molecular flexibility index (Phi) is 4.74. The lowest BCUT2D eigenvalue weighted by molar-refractivity contribution is 0.0522. The fraction of sp³-hybridized carbons (Fsp3) is 0.571. The van der Waals surface area contributed by atoms with E-state index in [1.807, 2.05) is 0 Å². The molecule has 1 saturated heterocycles. The topological polar surface area (TPSA) is 57.5 Å². The van der Waals surface area contributed by atoms with Gasteiger partial charge in [0.1, 0.15) is 0 Å². The van der Waals surface area contributed by atoms with Gasteiger partial charge >= 0.3 is 5.97 Å². The standard InChI is InChI=1S/C14H19NO4/c1-2-19-14(17)12-3-4-13(16)15(10-12)9-11-5-7-18-8-6-11/h3-4,10-11H,2,5-9H2,1H3. The molecule has 1 aromatic rings. The van der Waals surface area contributed by atoms with Crippen LogP contribution in [0.5, 0.6) is 0 Å². The molecule has 0 aliphatic carbocycles. The lowest BCUT2D eigenvalue weighted by Crippen LogP contribution is -2.27. The summed E-state index contributed by atoms with van der Waals surface area (Å²) in [5.74, 6) is 0.0483. The van der Waals surface area contributed by atoms with Gasteiger partial charge in [-0.3, -0.25) is 4.79 Å². The van der Waals surface area contributed by atoms with Crippen LogP contribution in [0.3, 0.4) is 0 Å². The molecule has 1 aliphatic heterocycles. The van der Waals surface area contributed by atoms with E-state index in [0.29, 0.717) is 24.6 Å². The second-order valence-corrected chi connectivity index (χ2v) is 4.68. The van der Waals surface area contributed by atoms with Crippen LogP contribution in [0.2, 0.25) is 0 Å². The number of rotatable bonds is 4. The Labute approximate surface area is 112 Å². The summed E-state index contributed by atoms with van der Waals surface area (Å²) >= 11 is 0. The van der Waals surface area contributed by atoms with Gasteiger partial charge in [-0.2, -0.15) is 0 Å². The normalized spacial score (nSPS) is 16.3. The van der Waals surface area contributed by atoms with Gasteiger partial charge in [-0.1, -0.05) is 0 Å². The summed E-state index contributed by atoms with van der Waals surface area (Å²) < 4.78 is 11.8. The summed E-state index contributed by atoms with van der Waals surface area (Å²) in [6, 6.07) is 2.94. The maximum atomic E-state index is 11.8. The number of esters is 1. The predicted molar refractivity (Wildman–Crippen MR) is 70.2 cm³/mol. The van der Waals surface area contributed by atoms with E-state index in [1.54, 1.807) is 17.7 Å². The number of hydrogen-bond donors (Lipinski definition) is 0. The second kappa shape index (κ2) is 6.52. The van der Waals surface area contributed by atoms with E-state index in [0.717, 1.165) is 26.1 Å². The van der Waals surface area contributed by atoms with Crippen molar-refractivity contribution in [2.75, 3.05) is 19.8 Å². The third kappa shape index (κ3) is 3.67. The molecule has 0 unspecified atom stereocenters. The van der Waals surface area contributed by atoms with E-state index in [9.17, 15) is 9.59 Å². The highest BCUT2D eigenvalue weighted by molar-refractivity contribution is 5.88. The van der Waals surface area contributed by atoms with Gasteiger partial charge in [0, 0.05) is 32.0 Å². The van der Waals surface area contributed by atoms with Crippen molar-refractivity contribution in [3.63, 3.8) is 0 Å². The maximum Gasteiger partial charge on any atom is 0.339 e. The third-order valence-corrected chi connectivity index (χ3v) is 3.29. The van der Waals surface area contributed by atoms with E-state index < -0.39 is 0 Å². The molecular weight excluding hydrogens is 246 g/mol. The van der Waals surface area contributed by atoms with Crippen molar-refractivity contribution < 1.29 is 14.3 Å². The Hall–Kier alpha value is -1.62. The Balaban J connectivity index is 2.12. The van der Waals surface area contributed by atoms with Crippen LogP contribution in [-0.2, 0) is 16.0 Å². The number of carbonyl (C=O) groups is 1.